The summed E-state index contributed by atoms with van der Waals surface area (Å²) in [6.07, 6.45) is 0. The number of benzene rings is 1. The van der Waals surface area contributed by atoms with Crippen LogP contribution in [0.25, 0.3) is 11.3 Å². The Kier molecular flexibility index (Phi) is 2.55. The average Bonchev–Trinajstić information content (AvgIpc) is 2.22. The van der Waals surface area contributed by atoms with Crippen molar-refractivity contribution in [1.82, 2.24) is 4.98 Å². The van der Waals surface area contributed by atoms with Crippen molar-refractivity contribution in [3.63, 3.8) is 0 Å². The molecule has 0 radical (unpaired) electrons. The zero-order chi connectivity index (χ0) is 10.8. The van der Waals surface area contributed by atoms with Gasteiger partial charge in [-0.3, -0.25) is 4.98 Å². The predicted octanol–water partition coefficient (Wildman–Crippen LogP) is 3.67. The monoisotopic (exact) mass is 197 g/mol. The molecule has 0 bridgehead atoms. The molecule has 0 saturated heterocycles. The molecule has 0 aliphatic carbocycles. The second-order valence-electron chi connectivity index (χ2n) is 3.99. The Morgan fingerprint density at radius 3 is 2.47 bits per heavy atom. The van der Waals surface area contributed by atoms with E-state index in [4.69, 9.17) is 0 Å². The molecule has 1 heterocycles. The van der Waals surface area contributed by atoms with Crippen molar-refractivity contribution >= 4 is 0 Å². The zero-order valence-electron chi connectivity index (χ0n) is 9.41. The van der Waals surface area contributed by atoms with Gasteiger partial charge < -0.3 is 0 Å². The third-order valence-electron chi connectivity index (χ3n) is 2.53. The molecule has 2 aromatic rings. The van der Waals surface area contributed by atoms with Crippen LogP contribution in [0.15, 0.2) is 36.4 Å². The molecule has 0 aliphatic rings. The molecule has 2 rings (SSSR count). The Labute approximate surface area is 90.8 Å². The normalized spacial score (nSPS) is 10.3. The number of hydrogen-bond donors (Lipinski definition) is 0. The van der Waals surface area contributed by atoms with Crippen molar-refractivity contribution in [2.75, 3.05) is 0 Å². The van der Waals surface area contributed by atoms with E-state index in [9.17, 15) is 0 Å². The van der Waals surface area contributed by atoms with E-state index in [-0.39, 0.29) is 0 Å². The first kappa shape index (κ1) is 9.91. The van der Waals surface area contributed by atoms with Crippen LogP contribution in [0.2, 0.25) is 0 Å². The fourth-order valence-corrected chi connectivity index (χ4v) is 1.71. The van der Waals surface area contributed by atoms with E-state index in [1.807, 2.05) is 6.92 Å². The van der Waals surface area contributed by atoms with Gasteiger partial charge in [0.25, 0.3) is 0 Å². The molecule has 76 valence electrons. The van der Waals surface area contributed by atoms with Crippen molar-refractivity contribution in [3.05, 3.63) is 53.2 Å². The third-order valence-corrected chi connectivity index (χ3v) is 2.53. The molecule has 1 aromatic carbocycles. The predicted molar refractivity (Wildman–Crippen MR) is 63.9 cm³/mol. The van der Waals surface area contributed by atoms with Gasteiger partial charge in [0, 0.05) is 11.3 Å². The van der Waals surface area contributed by atoms with Crippen molar-refractivity contribution in [2.24, 2.45) is 0 Å². The average molecular weight is 197 g/mol. The number of nitrogens with zero attached hydrogens (tertiary/aromatic N) is 1. The first-order valence-electron chi connectivity index (χ1n) is 5.18. The molecule has 0 aliphatic heterocycles. The lowest BCUT2D eigenvalue weighted by molar-refractivity contribution is 1.17. The lowest BCUT2D eigenvalue weighted by atomic mass is 10.0. The first-order valence-corrected chi connectivity index (χ1v) is 5.18. The van der Waals surface area contributed by atoms with Crippen molar-refractivity contribution < 1.29 is 0 Å². The maximum Gasteiger partial charge on any atom is 0.0734 e. The molecule has 1 aromatic heterocycles. The highest BCUT2D eigenvalue weighted by Crippen LogP contribution is 2.22. The Bertz CT molecular complexity index is 486. The number of rotatable bonds is 1. The summed E-state index contributed by atoms with van der Waals surface area (Å²) in [5, 5.41) is 0. The van der Waals surface area contributed by atoms with Crippen LogP contribution >= 0.6 is 0 Å². The third kappa shape index (κ3) is 2.07. The van der Waals surface area contributed by atoms with Crippen LogP contribution in [0.3, 0.4) is 0 Å². The van der Waals surface area contributed by atoms with Crippen molar-refractivity contribution in [2.45, 2.75) is 20.8 Å². The summed E-state index contributed by atoms with van der Waals surface area (Å²) in [6.45, 7) is 6.23. The van der Waals surface area contributed by atoms with E-state index >= 15 is 0 Å². The van der Waals surface area contributed by atoms with Crippen LogP contribution in [0.1, 0.15) is 16.8 Å². The van der Waals surface area contributed by atoms with Crippen molar-refractivity contribution in [3.8, 4) is 11.3 Å². The highest BCUT2D eigenvalue weighted by molar-refractivity contribution is 5.63. The molecule has 0 unspecified atom stereocenters. The Morgan fingerprint density at radius 2 is 1.73 bits per heavy atom. The van der Waals surface area contributed by atoms with Gasteiger partial charge in [-0.1, -0.05) is 29.8 Å². The summed E-state index contributed by atoms with van der Waals surface area (Å²) in [4.78, 5) is 4.58. The smallest absolute Gasteiger partial charge is 0.0734 e. The maximum atomic E-state index is 4.58. The van der Waals surface area contributed by atoms with E-state index in [0.29, 0.717) is 0 Å². The quantitative estimate of drug-likeness (QED) is 0.679. The van der Waals surface area contributed by atoms with Crippen LogP contribution in [-0.4, -0.2) is 4.98 Å². The molecule has 1 heteroatoms. The van der Waals surface area contributed by atoms with Gasteiger partial charge >= 0.3 is 0 Å². The second kappa shape index (κ2) is 3.85. The number of pyridine rings is 1. The molecule has 0 amide bonds. The van der Waals surface area contributed by atoms with E-state index in [1.165, 1.54) is 16.7 Å². The second-order valence-corrected chi connectivity index (χ2v) is 3.99. The van der Waals surface area contributed by atoms with Crippen LogP contribution < -0.4 is 0 Å². The summed E-state index contributed by atoms with van der Waals surface area (Å²) in [6, 6.07) is 12.6. The van der Waals surface area contributed by atoms with Gasteiger partial charge in [0.1, 0.15) is 0 Å². The van der Waals surface area contributed by atoms with Gasteiger partial charge in [-0.25, -0.2) is 0 Å². The largest absolute Gasteiger partial charge is 0.253 e. The summed E-state index contributed by atoms with van der Waals surface area (Å²) in [5.41, 5.74) is 5.87. The molecule has 0 N–H and O–H groups in total. The van der Waals surface area contributed by atoms with Gasteiger partial charge in [0.05, 0.1) is 5.69 Å². The van der Waals surface area contributed by atoms with Crippen molar-refractivity contribution in [1.29, 1.82) is 0 Å². The SMILES string of the molecule is Cc1cccc(-c2nc(C)ccc2C)c1. The Hall–Kier alpha value is -1.63. The van der Waals surface area contributed by atoms with Gasteiger partial charge in [0.2, 0.25) is 0 Å². The van der Waals surface area contributed by atoms with Crippen LogP contribution in [0.5, 0.6) is 0 Å². The minimum absolute atomic E-state index is 1.07. The van der Waals surface area contributed by atoms with E-state index < -0.39 is 0 Å². The summed E-state index contributed by atoms with van der Waals surface area (Å²) in [7, 11) is 0. The minimum atomic E-state index is 1.07. The zero-order valence-corrected chi connectivity index (χ0v) is 9.41. The summed E-state index contributed by atoms with van der Waals surface area (Å²) in [5.74, 6) is 0. The Morgan fingerprint density at radius 1 is 0.933 bits per heavy atom. The molecule has 15 heavy (non-hydrogen) atoms. The van der Waals surface area contributed by atoms with E-state index in [2.05, 4.69) is 55.2 Å². The van der Waals surface area contributed by atoms with Gasteiger partial charge in [0.15, 0.2) is 0 Å². The number of hydrogen-bond acceptors (Lipinski definition) is 1. The standard InChI is InChI=1S/C14H15N/c1-10-5-4-6-13(9-10)14-11(2)7-8-12(3)15-14/h4-9H,1-3H3. The molecule has 0 spiro atoms. The summed E-state index contributed by atoms with van der Waals surface area (Å²) < 4.78 is 0. The molecule has 1 nitrogen and oxygen atoms in total. The highest BCUT2D eigenvalue weighted by Gasteiger charge is 2.03. The number of aromatic nitrogens is 1. The fourth-order valence-electron chi connectivity index (χ4n) is 1.71. The highest BCUT2D eigenvalue weighted by atomic mass is 14.7. The molecule has 0 saturated carbocycles. The van der Waals surface area contributed by atoms with Gasteiger partial charge in [-0.2, -0.15) is 0 Å². The minimum Gasteiger partial charge on any atom is -0.253 e. The van der Waals surface area contributed by atoms with Crippen LogP contribution in [0, 0.1) is 20.8 Å². The van der Waals surface area contributed by atoms with Crippen LogP contribution in [0.4, 0.5) is 0 Å². The molecular weight excluding hydrogens is 182 g/mol. The van der Waals surface area contributed by atoms with Gasteiger partial charge in [-0.15, -0.1) is 0 Å². The first-order chi connectivity index (χ1) is 7.16. The lowest BCUT2D eigenvalue weighted by Crippen LogP contribution is -1.90. The number of aryl methyl sites for hydroxylation is 3. The maximum absolute atomic E-state index is 4.58. The van der Waals surface area contributed by atoms with E-state index in [1.54, 1.807) is 0 Å². The van der Waals surface area contributed by atoms with E-state index in [0.717, 1.165) is 11.4 Å². The Balaban J connectivity index is 2.58. The fraction of sp³-hybridized carbons (Fsp3) is 0.214. The molecular formula is C14H15N. The molecule has 0 fully saturated rings. The van der Waals surface area contributed by atoms with Gasteiger partial charge in [-0.05, 0) is 38.5 Å². The lowest BCUT2D eigenvalue weighted by Gasteiger charge is -2.06. The summed E-state index contributed by atoms with van der Waals surface area (Å²) >= 11 is 0. The topological polar surface area (TPSA) is 12.9 Å². The molecule has 0 atom stereocenters. The van der Waals surface area contributed by atoms with Crippen LogP contribution in [-0.2, 0) is 0 Å².